The molecule has 30 heavy (non-hydrogen) atoms. The van der Waals surface area contributed by atoms with Crippen LogP contribution in [0.15, 0.2) is 36.4 Å². The van der Waals surface area contributed by atoms with Crippen LogP contribution in [0, 0.1) is 0 Å². The first-order valence-corrected chi connectivity index (χ1v) is 9.18. The lowest BCUT2D eigenvalue weighted by molar-refractivity contribution is -0.0511. The zero-order valence-corrected chi connectivity index (χ0v) is 17.2. The summed E-state index contributed by atoms with van der Waals surface area (Å²) in [7, 11) is 4.35. The molecule has 0 unspecified atom stereocenters. The molecule has 1 N–H and O–H groups in total. The third-order valence-corrected chi connectivity index (χ3v) is 4.30. The predicted octanol–water partition coefficient (Wildman–Crippen LogP) is 4.18. The number of hydrogen-bond donors (Lipinski definition) is 1. The van der Waals surface area contributed by atoms with Gasteiger partial charge in [0.15, 0.2) is 11.5 Å². The molecule has 0 aliphatic carbocycles. The fourth-order valence-corrected chi connectivity index (χ4v) is 2.82. The largest absolute Gasteiger partial charge is 0.493 e. The number of benzene rings is 2. The number of carbonyl (C=O) groups excluding carboxylic acids is 2. The molecule has 1 amide bonds. The Hall–Kier alpha value is -3.36. The molecule has 2 aromatic carbocycles. The number of ether oxygens (including phenoxy) is 3. The van der Waals surface area contributed by atoms with Gasteiger partial charge in [0.05, 0.1) is 25.5 Å². The Morgan fingerprint density at radius 2 is 1.77 bits per heavy atom. The summed E-state index contributed by atoms with van der Waals surface area (Å²) in [6.07, 6.45) is 0.982. The number of rotatable bonds is 9. The molecule has 162 valence electrons. The Balaban J connectivity index is 2.34. The van der Waals surface area contributed by atoms with Crippen LogP contribution in [-0.4, -0.2) is 46.3 Å². The van der Waals surface area contributed by atoms with Crippen molar-refractivity contribution in [1.82, 2.24) is 0 Å². The summed E-state index contributed by atoms with van der Waals surface area (Å²) in [5.41, 5.74) is 1.16. The van der Waals surface area contributed by atoms with Gasteiger partial charge in [-0.15, -0.1) is 0 Å². The number of nitrogens with zero attached hydrogens (tertiary/aromatic N) is 1. The molecule has 0 aliphatic rings. The van der Waals surface area contributed by atoms with Crippen LogP contribution in [0.1, 0.15) is 34.1 Å². The Labute approximate surface area is 173 Å². The van der Waals surface area contributed by atoms with E-state index < -0.39 is 18.5 Å². The maximum atomic E-state index is 12.7. The fourth-order valence-electron chi connectivity index (χ4n) is 2.82. The molecule has 0 saturated carbocycles. The second-order valence-corrected chi connectivity index (χ2v) is 6.34. The first-order chi connectivity index (χ1) is 14.3. The minimum absolute atomic E-state index is 0.0459. The van der Waals surface area contributed by atoms with Crippen LogP contribution in [0.4, 0.5) is 20.2 Å². The standard InChI is InChI=1S/C21H24F2N2O5/c1-5-10-25(2)14-8-6-13(7-9-14)19(26)24-16-12-18(30-21(22)23)17(28-3)11-15(16)20(27)29-4/h6-9,11-12,21H,5,10H2,1-4H3,(H,24,26). The van der Waals surface area contributed by atoms with Crippen molar-refractivity contribution >= 4 is 23.3 Å². The molecule has 0 spiro atoms. The zero-order valence-electron chi connectivity index (χ0n) is 17.2. The summed E-state index contributed by atoms with van der Waals surface area (Å²) in [6, 6.07) is 9.13. The number of carbonyl (C=O) groups is 2. The highest BCUT2D eigenvalue weighted by Gasteiger charge is 2.21. The van der Waals surface area contributed by atoms with Crippen molar-refractivity contribution in [2.75, 3.05) is 38.0 Å². The molecule has 0 atom stereocenters. The molecule has 2 rings (SSSR count). The highest BCUT2D eigenvalue weighted by molar-refractivity contribution is 6.08. The molecule has 0 aromatic heterocycles. The average molecular weight is 422 g/mol. The topological polar surface area (TPSA) is 77.1 Å². The highest BCUT2D eigenvalue weighted by atomic mass is 19.3. The van der Waals surface area contributed by atoms with Gasteiger partial charge in [-0.1, -0.05) is 6.92 Å². The van der Waals surface area contributed by atoms with Crippen molar-refractivity contribution in [1.29, 1.82) is 0 Å². The summed E-state index contributed by atoms with van der Waals surface area (Å²) < 4.78 is 39.6. The second kappa shape index (κ2) is 10.4. The van der Waals surface area contributed by atoms with Crippen molar-refractivity contribution in [3.8, 4) is 11.5 Å². The van der Waals surface area contributed by atoms with Gasteiger partial charge in [0.2, 0.25) is 0 Å². The Morgan fingerprint density at radius 3 is 2.30 bits per heavy atom. The lowest BCUT2D eigenvalue weighted by Crippen LogP contribution is -2.18. The van der Waals surface area contributed by atoms with Gasteiger partial charge in [0.1, 0.15) is 0 Å². The summed E-state index contributed by atoms with van der Waals surface area (Å²) in [6.45, 7) is -0.177. The van der Waals surface area contributed by atoms with Crippen LogP contribution >= 0.6 is 0 Å². The number of hydrogen-bond acceptors (Lipinski definition) is 6. The summed E-state index contributed by atoms with van der Waals surface area (Å²) >= 11 is 0. The number of esters is 1. The molecule has 7 nitrogen and oxygen atoms in total. The summed E-state index contributed by atoms with van der Waals surface area (Å²) in [4.78, 5) is 26.8. The maximum Gasteiger partial charge on any atom is 0.387 e. The number of amides is 1. The van der Waals surface area contributed by atoms with Gasteiger partial charge in [0.25, 0.3) is 5.91 Å². The minimum Gasteiger partial charge on any atom is -0.493 e. The zero-order chi connectivity index (χ0) is 22.3. The van der Waals surface area contributed by atoms with Crippen LogP contribution < -0.4 is 19.7 Å². The van der Waals surface area contributed by atoms with Crippen molar-refractivity contribution in [3.63, 3.8) is 0 Å². The van der Waals surface area contributed by atoms with Crippen LogP contribution in [0.3, 0.4) is 0 Å². The lowest BCUT2D eigenvalue weighted by atomic mass is 10.1. The van der Waals surface area contributed by atoms with Crippen molar-refractivity contribution < 1.29 is 32.6 Å². The second-order valence-electron chi connectivity index (χ2n) is 6.34. The van der Waals surface area contributed by atoms with Crippen molar-refractivity contribution in [2.24, 2.45) is 0 Å². The third kappa shape index (κ3) is 5.59. The fraction of sp³-hybridized carbons (Fsp3) is 0.333. The molecular weight excluding hydrogens is 398 g/mol. The molecule has 0 aliphatic heterocycles. The average Bonchev–Trinajstić information content (AvgIpc) is 2.73. The molecule has 0 fully saturated rings. The molecular formula is C21H24F2N2O5. The van der Waals surface area contributed by atoms with E-state index in [2.05, 4.69) is 21.9 Å². The maximum absolute atomic E-state index is 12.7. The molecule has 0 saturated heterocycles. The number of alkyl halides is 2. The first-order valence-electron chi connectivity index (χ1n) is 9.18. The number of halogens is 2. The molecule has 0 radical (unpaired) electrons. The van der Waals surface area contributed by atoms with Crippen LogP contribution in [0.5, 0.6) is 11.5 Å². The SMILES string of the molecule is CCCN(C)c1ccc(C(=O)Nc2cc(OC(F)F)c(OC)cc2C(=O)OC)cc1. The van der Waals surface area contributed by atoms with Gasteiger partial charge in [-0.3, -0.25) is 4.79 Å². The minimum atomic E-state index is -3.11. The summed E-state index contributed by atoms with van der Waals surface area (Å²) in [5.74, 6) is -1.73. The number of methoxy groups -OCH3 is 2. The van der Waals surface area contributed by atoms with Crippen molar-refractivity contribution in [3.05, 3.63) is 47.5 Å². The van der Waals surface area contributed by atoms with Crippen LogP contribution in [0.2, 0.25) is 0 Å². The van der Waals surface area contributed by atoms with Crippen molar-refractivity contribution in [2.45, 2.75) is 20.0 Å². The van der Waals surface area contributed by atoms with E-state index >= 15 is 0 Å². The Kier molecular flexibility index (Phi) is 7.97. The smallest absolute Gasteiger partial charge is 0.387 e. The van der Waals surface area contributed by atoms with E-state index in [4.69, 9.17) is 9.47 Å². The quantitative estimate of drug-likeness (QED) is 0.611. The van der Waals surface area contributed by atoms with Crippen LogP contribution in [-0.2, 0) is 4.74 Å². The van der Waals surface area contributed by atoms with E-state index in [0.29, 0.717) is 5.56 Å². The van der Waals surface area contributed by atoms with E-state index in [9.17, 15) is 18.4 Å². The van der Waals surface area contributed by atoms with E-state index in [1.807, 2.05) is 7.05 Å². The monoisotopic (exact) mass is 422 g/mol. The van der Waals surface area contributed by atoms with Gasteiger partial charge in [-0.2, -0.15) is 8.78 Å². The van der Waals surface area contributed by atoms with Gasteiger partial charge in [0, 0.05) is 37.0 Å². The van der Waals surface area contributed by atoms with Gasteiger partial charge >= 0.3 is 12.6 Å². The Bertz CT molecular complexity index is 888. The Morgan fingerprint density at radius 1 is 1.10 bits per heavy atom. The van der Waals surface area contributed by atoms with Gasteiger partial charge in [-0.25, -0.2) is 4.79 Å². The van der Waals surface area contributed by atoms with E-state index in [0.717, 1.165) is 31.8 Å². The molecule has 0 heterocycles. The highest BCUT2D eigenvalue weighted by Crippen LogP contribution is 2.35. The molecule has 0 bridgehead atoms. The number of anilines is 2. The number of nitrogens with one attached hydrogen (secondary N) is 1. The summed E-state index contributed by atoms with van der Waals surface area (Å²) in [5, 5.41) is 2.55. The van der Waals surface area contributed by atoms with E-state index in [1.165, 1.54) is 13.2 Å². The predicted molar refractivity (Wildman–Crippen MR) is 109 cm³/mol. The normalized spacial score (nSPS) is 10.5. The lowest BCUT2D eigenvalue weighted by Gasteiger charge is -2.18. The van der Waals surface area contributed by atoms with E-state index in [1.54, 1.807) is 24.3 Å². The van der Waals surface area contributed by atoms with Gasteiger partial charge in [-0.05, 0) is 30.7 Å². The van der Waals surface area contributed by atoms with Gasteiger partial charge < -0.3 is 24.4 Å². The van der Waals surface area contributed by atoms with E-state index in [-0.39, 0.29) is 22.7 Å². The third-order valence-electron chi connectivity index (χ3n) is 4.30. The van der Waals surface area contributed by atoms with Crippen LogP contribution in [0.25, 0.3) is 0 Å². The first kappa shape index (κ1) is 22.9. The molecule has 9 heteroatoms. The molecule has 2 aromatic rings.